The average Bonchev–Trinajstić information content (AvgIpc) is 3.02. The number of nitrogens with zero attached hydrogens (tertiary/aromatic N) is 2. The number of aliphatic hydroxyl groups excluding tert-OH is 1. The number of carbonyl (C=O) groups is 1. The van der Waals surface area contributed by atoms with Crippen molar-refractivity contribution in [2.24, 2.45) is 5.41 Å². The number of oxazole rings is 1. The molecule has 0 radical (unpaired) electrons. The molecule has 1 spiro atoms. The van der Waals surface area contributed by atoms with Crippen LogP contribution in [0.2, 0.25) is 0 Å². The quantitative estimate of drug-likeness (QED) is 0.918. The molecule has 0 unspecified atom stereocenters. The van der Waals surface area contributed by atoms with Crippen LogP contribution in [0.1, 0.15) is 49.4 Å². The molecule has 2 aliphatic rings. The summed E-state index contributed by atoms with van der Waals surface area (Å²) in [6.07, 6.45) is 3.82. The molecule has 1 aliphatic carbocycles. The largest absolute Gasteiger partial charge is 0.448 e. The Balaban J connectivity index is 1.71. The maximum absolute atomic E-state index is 12.6. The fourth-order valence-corrected chi connectivity index (χ4v) is 4.09. The Kier molecular flexibility index (Phi) is 3.77. The smallest absolute Gasteiger partial charge is 0.276 e. The number of piperidine rings is 1. The van der Waals surface area contributed by atoms with E-state index in [1.54, 1.807) is 7.11 Å². The van der Waals surface area contributed by atoms with Gasteiger partial charge >= 0.3 is 0 Å². The first-order valence-electron chi connectivity index (χ1n) is 7.92. The van der Waals surface area contributed by atoms with Gasteiger partial charge in [0.25, 0.3) is 5.91 Å². The molecular formula is C16H24N2O4. The van der Waals surface area contributed by atoms with Crippen LogP contribution < -0.4 is 0 Å². The minimum absolute atomic E-state index is 0.0756. The first-order chi connectivity index (χ1) is 10.5. The van der Waals surface area contributed by atoms with Crippen molar-refractivity contribution in [3.8, 4) is 0 Å². The Hall–Kier alpha value is -1.40. The van der Waals surface area contributed by atoms with Crippen LogP contribution in [-0.2, 0) is 11.2 Å². The van der Waals surface area contributed by atoms with Crippen molar-refractivity contribution >= 4 is 5.91 Å². The fraction of sp³-hybridized carbons (Fsp3) is 0.750. The van der Waals surface area contributed by atoms with Crippen LogP contribution in [0.25, 0.3) is 0 Å². The summed E-state index contributed by atoms with van der Waals surface area (Å²) in [6.45, 7) is 5.23. The molecule has 2 fully saturated rings. The molecule has 1 aliphatic heterocycles. The zero-order chi connectivity index (χ0) is 16.0. The molecule has 3 rings (SSSR count). The van der Waals surface area contributed by atoms with Gasteiger partial charge in [0.2, 0.25) is 0 Å². The van der Waals surface area contributed by atoms with Gasteiger partial charge in [0.05, 0.1) is 11.7 Å². The monoisotopic (exact) mass is 308 g/mol. The average molecular weight is 308 g/mol. The Morgan fingerprint density at radius 1 is 1.55 bits per heavy atom. The molecule has 0 aromatic carbocycles. The summed E-state index contributed by atoms with van der Waals surface area (Å²) >= 11 is 0. The highest BCUT2D eigenvalue weighted by Gasteiger charge is 2.63. The van der Waals surface area contributed by atoms with E-state index in [0.29, 0.717) is 37.4 Å². The van der Waals surface area contributed by atoms with E-state index in [1.807, 2.05) is 11.8 Å². The van der Waals surface area contributed by atoms with Crippen molar-refractivity contribution in [2.75, 3.05) is 20.2 Å². The van der Waals surface area contributed by atoms with Crippen molar-refractivity contribution in [3.05, 3.63) is 17.8 Å². The lowest BCUT2D eigenvalue weighted by Gasteiger charge is -2.62. The van der Waals surface area contributed by atoms with Crippen molar-refractivity contribution in [3.63, 3.8) is 0 Å². The third-order valence-corrected chi connectivity index (χ3v) is 5.83. The van der Waals surface area contributed by atoms with Crippen LogP contribution in [0.4, 0.5) is 0 Å². The molecule has 1 saturated heterocycles. The molecule has 1 aromatic rings. The zero-order valence-electron chi connectivity index (χ0n) is 13.5. The number of hydrogen-bond acceptors (Lipinski definition) is 5. The first kappa shape index (κ1) is 15.5. The third-order valence-electron chi connectivity index (χ3n) is 5.83. The second kappa shape index (κ2) is 5.35. The molecule has 22 heavy (non-hydrogen) atoms. The molecule has 1 N–H and O–H groups in total. The number of likely N-dealkylation sites (tertiary alicyclic amines) is 1. The number of aryl methyl sites for hydroxylation is 1. The topological polar surface area (TPSA) is 75.8 Å². The lowest BCUT2D eigenvalue weighted by molar-refractivity contribution is -0.259. The van der Waals surface area contributed by atoms with E-state index in [-0.39, 0.29) is 23.0 Å². The molecular weight excluding hydrogens is 284 g/mol. The summed E-state index contributed by atoms with van der Waals surface area (Å²) in [7, 11) is 1.70. The lowest BCUT2D eigenvalue weighted by Crippen LogP contribution is -2.69. The summed E-state index contributed by atoms with van der Waals surface area (Å²) in [5.74, 6) is 0.559. The summed E-state index contributed by atoms with van der Waals surface area (Å²) in [4.78, 5) is 18.4. The maximum Gasteiger partial charge on any atom is 0.276 e. The number of methoxy groups -OCH3 is 1. The predicted octanol–water partition coefficient (Wildman–Crippen LogP) is 1.63. The summed E-state index contributed by atoms with van der Waals surface area (Å²) < 4.78 is 10.9. The molecule has 0 bridgehead atoms. The Labute approximate surface area is 130 Å². The number of carbonyl (C=O) groups excluding carboxylic acids is 1. The molecule has 6 heteroatoms. The van der Waals surface area contributed by atoms with Crippen LogP contribution in [0.15, 0.2) is 10.8 Å². The second-order valence-corrected chi connectivity index (χ2v) is 6.58. The molecule has 2 heterocycles. The molecule has 6 nitrogen and oxygen atoms in total. The van der Waals surface area contributed by atoms with Gasteiger partial charge in [-0.2, -0.15) is 0 Å². The normalized spacial score (nSPS) is 30.4. The van der Waals surface area contributed by atoms with E-state index in [0.717, 1.165) is 12.8 Å². The third kappa shape index (κ3) is 2.01. The van der Waals surface area contributed by atoms with E-state index < -0.39 is 0 Å². The zero-order valence-corrected chi connectivity index (χ0v) is 13.5. The molecule has 1 saturated carbocycles. The highest BCUT2D eigenvalue weighted by molar-refractivity contribution is 5.93. The molecule has 1 aromatic heterocycles. The molecule has 2 atom stereocenters. The fourth-order valence-electron chi connectivity index (χ4n) is 4.09. The van der Waals surface area contributed by atoms with Crippen molar-refractivity contribution in [1.29, 1.82) is 0 Å². The van der Waals surface area contributed by atoms with Gasteiger partial charge in [-0.1, -0.05) is 6.92 Å². The van der Waals surface area contributed by atoms with E-state index >= 15 is 0 Å². The number of amides is 1. The number of rotatable bonds is 3. The Morgan fingerprint density at radius 2 is 2.23 bits per heavy atom. The highest BCUT2D eigenvalue weighted by Crippen LogP contribution is 2.57. The predicted molar refractivity (Wildman–Crippen MR) is 79.5 cm³/mol. The van der Waals surface area contributed by atoms with Crippen LogP contribution in [-0.4, -0.2) is 52.8 Å². The van der Waals surface area contributed by atoms with Gasteiger partial charge in [-0.05, 0) is 19.8 Å². The van der Waals surface area contributed by atoms with E-state index in [2.05, 4.69) is 11.9 Å². The summed E-state index contributed by atoms with van der Waals surface area (Å²) in [6, 6.07) is 0. The van der Waals surface area contributed by atoms with Crippen LogP contribution in [0.3, 0.4) is 0 Å². The van der Waals surface area contributed by atoms with Crippen molar-refractivity contribution in [2.45, 2.75) is 51.2 Å². The van der Waals surface area contributed by atoms with E-state index in [9.17, 15) is 9.90 Å². The van der Waals surface area contributed by atoms with Gasteiger partial charge in [0.1, 0.15) is 5.76 Å². The lowest BCUT2D eigenvalue weighted by atomic mass is 9.51. The standard InChI is InChI=1S/C16H24N2O4/c1-4-11-13(17-10-22-11)14(20)18-7-5-16(6-8-18)12(19)9-15(16,2)21-3/h10,12,19H,4-9H2,1-3H3/t12-,15+/m1/s1. The molecule has 122 valence electrons. The Morgan fingerprint density at radius 3 is 2.77 bits per heavy atom. The highest BCUT2D eigenvalue weighted by atomic mass is 16.5. The van der Waals surface area contributed by atoms with Crippen molar-refractivity contribution < 1.29 is 19.1 Å². The minimum Gasteiger partial charge on any atom is -0.448 e. The second-order valence-electron chi connectivity index (χ2n) is 6.58. The minimum atomic E-state index is -0.340. The number of ether oxygens (including phenoxy) is 1. The number of aromatic nitrogens is 1. The first-order valence-corrected chi connectivity index (χ1v) is 7.92. The van der Waals surface area contributed by atoms with Crippen LogP contribution in [0, 0.1) is 5.41 Å². The SMILES string of the molecule is CCc1ocnc1C(=O)N1CCC2(CC1)[C@H](O)C[C@]2(C)OC. The van der Waals surface area contributed by atoms with Gasteiger partial charge in [-0.15, -0.1) is 0 Å². The van der Waals surface area contributed by atoms with Gasteiger partial charge < -0.3 is 19.2 Å². The van der Waals surface area contributed by atoms with E-state index in [1.165, 1.54) is 6.39 Å². The van der Waals surface area contributed by atoms with Gasteiger partial charge in [0.15, 0.2) is 12.1 Å². The van der Waals surface area contributed by atoms with Gasteiger partial charge in [-0.25, -0.2) is 4.98 Å². The van der Waals surface area contributed by atoms with Gasteiger partial charge in [-0.3, -0.25) is 4.79 Å². The van der Waals surface area contributed by atoms with E-state index in [4.69, 9.17) is 9.15 Å². The van der Waals surface area contributed by atoms with Crippen LogP contribution >= 0.6 is 0 Å². The number of aliphatic hydroxyl groups is 1. The van der Waals surface area contributed by atoms with Gasteiger partial charge in [0, 0.05) is 38.5 Å². The Bertz CT molecular complexity index is 562. The number of hydrogen-bond donors (Lipinski definition) is 1. The maximum atomic E-state index is 12.6. The van der Waals surface area contributed by atoms with Crippen molar-refractivity contribution in [1.82, 2.24) is 9.88 Å². The summed E-state index contributed by atoms with van der Waals surface area (Å²) in [5, 5.41) is 10.3. The summed E-state index contributed by atoms with van der Waals surface area (Å²) in [5.41, 5.74) is -0.0953. The van der Waals surface area contributed by atoms with Crippen LogP contribution in [0.5, 0.6) is 0 Å². The molecule has 1 amide bonds.